The van der Waals surface area contributed by atoms with Gasteiger partial charge in [0.15, 0.2) is 0 Å². The van der Waals surface area contributed by atoms with Crippen LogP contribution in [0.15, 0.2) is 53.8 Å². The molecule has 1 aromatic carbocycles. The number of hydrazone groups is 1. The molecule has 1 amide bonds. The minimum atomic E-state index is -1.08. The highest BCUT2D eigenvalue weighted by Crippen LogP contribution is 2.05. The van der Waals surface area contributed by atoms with Gasteiger partial charge >= 0.3 is 6.09 Å². The van der Waals surface area contributed by atoms with Crippen molar-refractivity contribution in [2.24, 2.45) is 5.10 Å². The topological polar surface area (TPSA) is 68.7 Å². The van der Waals surface area contributed by atoms with Gasteiger partial charge in [-0.15, -0.1) is 0 Å². The van der Waals surface area contributed by atoms with Crippen molar-refractivity contribution in [2.45, 2.75) is 6.54 Å². The fourth-order valence-corrected chi connectivity index (χ4v) is 1.47. The van der Waals surface area contributed by atoms with Crippen LogP contribution in [0.4, 0.5) is 4.79 Å². The highest BCUT2D eigenvalue weighted by Gasteiger charge is 2.10. The van der Waals surface area contributed by atoms with E-state index in [1.165, 1.54) is 6.21 Å². The fraction of sp³-hybridized carbons (Fsp3) is 0.0769. The van der Waals surface area contributed by atoms with Gasteiger partial charge in [0, 0.05) is 6.20 Å². The minimum absolute atomic E-state index is 0.230. The lowest BCUT2D eigenvalue weighted by atomic mass is 10.2. The lowest BCUT2D eigenvalue weighted by Crippen LogP contribution is -2.23. The van der Waals surface area contributed by atoms with Crippen molar-refractivity contribution in [1.82, 2.24) is 9.99 Å². The summed E-state index contributed by atoms with van der Waals surface area (Å²) in [5.74, 6) is 0. The second-order valence-electron chi connectivity index (χ2n) is 3.70. The monoisotopic (exact) mass is 243 g/mol. The number of hydrogen-bond donors (Lipinski definition) is 2. The third kappa shape index (κ3) is 3.21. The van der Waals surface area contributed by atoms with E-state index in [0.29, 0.717) is 0 Å². The zero-order chi connectivity index (χ0) is 12.8. The number of benzene rings is 1. The summed E-state index contributed by atoms with van der Waals surface area (Å²) < 4.78 is 0. The highest BCUT2D eigenvalue weighted by molar-refractivity contribution is 5.78. The van der Waals surface area contributed by atoms with Crippen molar-refractivity contribution in [3.63, 3.8) is 0 Å². The SMILES string of the molecule is O=C(O)N(Cc1ccccc1)N=Cc1ccc[nH]1. The zero-order valence-electron chi connectivity index (χ0n) is 9.65. The van der Waals surface area contributed by atoms with E-state index in [1.54, 1.807) is 6.20 Å². The van der Waals surface area contributed by atoms with Crippen LogP contribution in [-0.2, 0) is 6.54 Å². The Morgan fingerprint density at radius 2 is 2.06 bits per heavy atom. The van der Waals surface area contributed by atoms with Crippen molar-refractivity contribution in [2.75, 3.05) is 0 Å². The Morgan fingerprint density at radius 1 is 1.28 bits per heavy atom. The van der Waals surface area contributed by atoms with Gasteiger partial charge in [0.1, 0.15) is 0 Å². The number of nitrogens with zero attached hydrogens (tertiary/aromatic N) is 2. The molecule has 1 aromatic heterocycles. The Bertz CT molecular complexity index is 520. The second-order valence-corrected chi connectivity index (χ2v) is 3.70. The molecular weight excluding hydrogens is 230 g/mol. The van der Waals surface area contributed by atoms with E-state index in [4.69, 9.17) is 5.11 Å². The quantitative estimate of drug-likeness (QED) is 0.640. The van der Waals surface area contributed by atoms with E-state index < -0.39 is 6.09 Å². The van der Waals surface area contributed by atoms with Crippen LogP contribution in [0.2, 0.25) is 0 Å². The van der Waals surface area contributed by atoms with Gasteiger partial charge in [-0.25, -0.2) is 4.79 Å². The molecule has 1 heterocycles. The van der Waals surface area contributed by atoms with Crippen molar-refractivity contribution in [1.29, 1.82) is 0 Å². The smallest absolute Gasteiger partial charge is 0.428 e. The molecule has 0 fully saturated rings. The van der Waals surface area contributed by atoms with Crippen molar-refractivity contribution >= 4 is 12.3 Å². The minimum Gasteiger partial charge on any atom is -0.464 e. The van der Waals surface area contributed by atoms with Gasteiger partial charge in [-0.3, -0.25) is 0 Å². The molecule has 0 atom stereocenters. The van der Waals surface area contributed by atoms with Gasteiger partial charge in [0.2, 0.25) is 0 Å². The van der Waals surface area contributed by atoms with Crippen LogP contribution in [0.3, 0.4) is 0 Å². The van der Waals surface area contributed by atoms with Crippen LogP contribution in [0.25, 0.3) is 0 Å². The maximum atomic E-state index is 11.1. The first-order valence-electron chi connectivity index (χ1n) is 5.47. The van der Waals surface area contributed by atoms with Crippen LogP contribution in [0, 0.1) is 0 Å². The van der Waals surface area contributed by atoms with Crippen LogP contribution >= 0.6 is 0 Å². The summed E-state index contributed by atoms with van der Waals surface area (Å²) in [4.78, 5) is 14.0. The normalized spacial score (nSPS) is 10.7. The molecule has 0 saturated carbocycles. The first-order chi connectivity index (χ1) is 8.75. The first-order valence-corrected chi connectivity index (χ1v) is 5.47. The Labute approximate surface area is 104 Å². The van der Waals surface area contributed by atoms with Crippen LogP contribution in [-0.4, -0.2) is 27.4 Å². The van der Waals surface area contributed by atoms with Crippen molar-refractivity contribution in [3.05, 3.63) is 59.9 Å². The van der Waals surface area contributed by atoms with E-state index in [-0.39, 0.29) is 6.54 Å². The number of aromatic amines is 1. The third-order valence-corrected chi connectivity index (χ3v) is 2.35. The van der Waals surface area contributed by atoms with Crippen molar-refractivity contribution in [3.8, 4) is 0 Å². The Morgan fingerprint density at radius 3 is 2.67 bits per heavy atom. The van der Waals surface area contributed by atoms with Crippen LogP contribution < -0.4 is 0 Å². The number of rotatable bonds is 4. The largest absolute Gasteiger partial charge is 0.464 e. The molecule has 0 spiro atoms. The molecule has 0 aliphatic carbocycles. The maximum Gasteiger partial charge on any atom is 0.428 e. The van der Waals surface area contributed by atoms with Gasteiger partial charge < -0.3 is 10.1 Å². The van der Waals surface area contributed by atoms with E-state index in [2.05, 4.69) is 10.1 Å². The molecule has 0 unspecified atom stereocenters. The molecule has 0 radical (unpaired) electrons. The number of amides is 1. The number of H-pyrrole nitrogens is 1. The van der Waals surface area contributed by atoms with Gasteiger partial charge in [0.05, 0.1) is 18.5 Å². The summed E-state index contributed by atoms with van der Waals surface area (Å²) in [7, 11) is 0. The molecule has 2 aromatic rings. The van der Waals surface area contributed by atoms with E-state index in [9.17, 15) is 4.79 Å². The summed E-state index contributed by atoms with van der Waals surface area (Å²) in [6.45, 7) is 0.230. The maximum absolute atomic E-state index is 11.1. The molecule has 0 aliphatic heterocycles. The predicted octanol–water partition coefficient (Wildman–Crippen LogP) is 2.53. The number of nitrogens with one attached hydrogen (secondary N) is 1. The molecule has 0 bridgehead atoms. The van der Waals surface area contributed by atoms with Crippen LogP contribution in [0.5, 0.6) is 0 Å². The van der Waals surface area contributed by atoms with Gasteiger partial charge in [-0.1, -0.05) is 30.3 Å². The highest BCUT2D eigenvalue weighted by atomic mass is 16.4. The molecule has 0 aliphatic rings. The van der Waals surface area contributed by atoms with Gasteiger partial charge in [0.25, 0.3) is 0 Å². The first kappa shape index (κ1) is 11.9. The molecular formula is C13H13N3O2. The standard InChI is InChI=1S/C13H13N3O2/c17-13(18)16(10-11-5-2-1-3-6-11)15-9-12-7-4-8-14-12/h1-9,14H,10H2,(H,17,18). The number of hydrogen-bond acceptors (Lipinski definition) is 2. The van der Waals surface area contributed by atoms with E-state index in [1.807, 2.05) is 42.5 Å². The average Bonchev–Trinajstić information content (AvgIpc) is 2.88. The summed E-state index contributed by atoms with van der Waals surface area (Å²) in [6, 6.07) is 13.0. The number of aromatic nitrogens is 1. The predicted molar refractivity (Wildman–Crippen MR) is 68.4 cm³/mol. The lowest BCUT2D eigenvalue weighted by Gasteiger charge is -2.12. The summed E-state index contributed by atoms with van der Waals surface area (Å²) in [6.07, 6.45) is 2.16. The molecule has 0 saturated heterocycles. The molecule has 2 N–H and O–H groups in total. The lowest BCUT2D eigenvalue weighted by molar-refractivity contribution is 0.144. The van der Waals surface area contributed by atoms with E-state index >= 15 is 0 Å². The number of carboxylic acid groups (broad SMARTS) is 1. The summed E-state index contributed by atoms with van der Waals surface area (Å²) in [5.41, 5.74) is 1.65. The third-order valence-electron chi connectivity index (χ3n) is 2.35. The molecule has 2 rings (SSSR count). The Balaban J connectivity index is 2.07. The van der Waals surface area contributed by atoms with Crippen molar-refractivity contribution < 1.29 is 9.90 Å². The Hall–Kier alpha value is -2.56. The molecule has 92 valence electrons. The van der Waals surface area contributed by atoms with Gasteiger partial charge in [-0.2, -0.15) is 10.1 Å². The zero-order valence-corrected chi connectivity index (χ0v) is 9.65. The van der Waals surface area contributed by atoms with Crippen LogP contribution in [0.1, 0.15) is 11.3 Å². The summed E-state index contributed by atoms with van der Waals surface area (Å²) in [5, 5.41) is 14.0. The average molecular weight is 243 g/mol. The molecule has 5 heteroatoms. The number of carbonyl (C=O) groups is 1. The second kappa shape index (κ2) is 5.67. The van der Waals surface area contributed by atoms with Gasteiger partial charge in [-0.05, 0) is 17.7 Å². The molecule has 5 nitrogen and oxygen atoms in total. The fourth-order valence-electron chi connectivity index (χ4n) is 1.47. The summed E-state index contributed by atoms with van der Waals surface area (Å²) >= 11 is 0. The van der Waals surface area contributed by atoms with E-state index in [0.717, 1.165) is 16.3 Å². The Kier molecular flexibility index (Phi) is 3.76. The molecule has 18 heavy (non-hydrogen) atoms.